The van der Waals surface area contributed by atoms with Crippen molar-refractivity contribution in [2.24, 2.45) is 0 Å². The summed E-state index contributed by atoms with van der Waals surface area (Å²) >= 11 is 0. The van der Waals surface area contributed by atoms with Gasteiger partial charge in [-0.1, -0.05) is 25.2 Å². The van der Waals surface area contributed by atoms with Crippen LogP contribution in [0.2, 0.25) is 0 Å². The van der Waals surface area contributed by atoms with E-state index in [9.17, 15) is 0 Å². The first-order valence-electron chi connectivity index (χ1n) is 4.24. The summed E-state index contributed by atoms with van der Waals surface area (Å²) in [5, 5.41) is 3.38. The predicted molar refractivity (Wildman–Crippen MR) is 47.1 cm³/mol. The summed E-state index contributed by atoms with van der Waals surface area (Å²) in [5.41, 5.74) is 2.97. The van der Waals surface area contributed by atoms with Gasteiger partial charge in [0.25, 0.3) is 0 Å². The summed E-state index contributed by atoms with van der Waals surface area (Å²) in [7, 11) is 0. The minimum Gasteiger partial charge on any atom is -0.384 e. The summed E-state index contributed by atoms with van der Waals surface area (Å²) in [6.45, 7) is 2.20. The van der Waals surface area contributed by atoms with E-state index in [0.717, 1.165) is 12.8 Å². The third-order valence-electron chi connectivity index (χ3n) is 2.37. The van der Waals surface area contributed by atoms with Crippen molar-refractivity contribution in [3.63, 3.8) is 0 Å². The standard InChI is InChI=1S/C10H13N/c1-2-8-7-11-10-6-4-3-5-9(8)10/h3-5,7,10-11H,2,6H2,1H3. The van der Waals surface area contributed by atoms with Crippen LogP contribution in [0, 0.1) is 0 Å². The Morgan fingerprint density at radius 1 is 1.64 bits per heavy atom. The van der Waals surface area contributed by atoms with Crippen molar-refractivity contribution in [2.75, 3.05) is 0 Å². The zero-order chi connectivity index (χ0) is 7.68. The molecule has 1 nitrogen and oxygen atoms in total. The molecule has 1 aliphatic carbocycles. The van der Waals surface area contributed by atoms with Gasteiger partial charge in [-0.25, -0.2) is 0 Å². The van der Waals surface area contributed by atoms with Gasteiger partial charge in [0.15, 0.2) is 0 Å². The molecule has 2 rings (SSSR count). The van der Waals surface area contributed by atoms with Crippen LogP contribution in [0.3, 0.4) is 0 Å². The molecular weight excluding hydrogens is 134 g/mol. The predicted octanol–water partition coefficient (Wildman–Crippen LogP) is 2.14. The third-order valence-corrected chi connectivity index (χ3v) is 2.37. The van der Waals surface area contributed by atoms with Crippen LogP contribution >= 0.6 is 0 Å². The average Bonchev–Trinajstić information content (AvgIpc) is 2.47. The molecule has 1 aliphatic heterocycles. The lowest BCUT2D eigenvalue weighted by atomic mass is 9.95. The molecule has 1 heterocycles. The summed E-state index contributed by atoms with van der Waals surface area (Å²) in [4.78, 5) is 0. The summed E-state index contributed by atoms with van der Waals surface area (Å²) in [5.74, 6) is 0. The molecule has 0 saturated carbocycles. The second-order valence-electron chi connectivity index (χ2n) is 3.03. The van der Waals surface area contributed by atoms with E-state index in [1.807, 2.05) is 0 Å². The van der Waals surface area contributed by atoms with E-state index >= 15 is 0 Å². The van der Waals surface area contributed by atoms with Crippen LogP contribution < -0.4 is 5.32 Å². The van der Waals surface area contributed by atoms with E-state index in [1.165, 1.54) is 11.1 Å². The quantitative estimate of drug-likeness (QED) is 0.599. The van der Waals surface area contributed by atoms with E-state index in [2.05, 4.69) is 36.7 Å². The average molecular weight is 147 g/mol. The molecule has 0 saturated heterocycles. The molecule has 11 heavy (non-hydrogen) atoms. The van der Waals surface area contributed by atoms with Crippen molar-refractivity contribution >= 4 is 0 Å². The summed E-state index contributed by atoms with van der Waals surface area (Å²) in [6, 6.07) is 0.579. The Morgan fingerprint density at radius 3 is 3.36 bits per heavy atom. The van der Waals surface area contributed by atoms with E-state index in [-0.39, 0.29) is 0 Å². The lowest BCUT2D eigenvalue weighted by molar-refractivity contribution is 0.706. The monoisotopic (exact) mass is 147 g/mol. The Kier molecular flexibility index (Phi) is 1.57. The molecule has 2 aliphatic rings. The minimum atomic E-state index is 0.579. The van der Waals surface area contributed by atoms with Crippen LogP contribution in [-0.2, 0) is 0 Å². The number of fused-ring (bicyclic) bond motifs is 1. The number of nitrogens with one attached hydrogen (secondary N) is 1. The smallest absolute Gasteiger partial charge is 0.0546 e. The van der Waals surface area contributed by atoms with Gasteiger partial charge < -0.3 is 5.32 Å². The molecule has 0 spiro atoms. The molecule has 0 bridgehead atoms. The van der Waals surface area contributed by atoms with Gasteiger partial charge in [-0.15, -0.1) is 0 Å². The summed E-state index contributed by atoms with van der Waals surface area (Å²) in [6.07, 6.45) is 11.0. The van der Waals surface area contributed by atoms with Gasteiger partial charge >= 0.3 is 0 Å². The zero-order valence-electron chi connectivity index (χ0n) is 6.80. The molecule has 0 aromatic heterocycles. The van der Waals surface area contributed by atoms with Crippen molar-refractivity contribution in [2.45, 2.75) is 25.8 Å². The molecular formula is C10H13N. The Balaban J connectivity index is 2.27. The van der Waals surface area contributed by atoms with Gasteiger partial charge in [0.1, 0.15) is 0 Å². The highest BCUT2D eigenvalue weighted by atomic mass is 14.9. The van der Waals surface area contributed by atoms with Crippen molar-refractivity contribution < 1.29 is 0 Å². The Morgan fingerprint density at radius 2 is 2.55 bits per heavy atom. The maximum Gasteiger partial charge on any atom is 0.0546 e. The number of hydrogen-bond donors (Lipinski definition) is 1. The highest BCUT2D eigenvalue weighted by molar-refractivity contribution is 5.44. The van der Waals surface area contributed by atoms with Gasteiger partial charge in [-0.3, -0.25) is 0 Å². The molecule has 1 heteroatoms. The van der Waals surface area contributed by atoms with Crippen LogP contribution in [0.5, 0.6) is 0 Å². The number of allylic oxidation sites excluding steroid dienone is 2. The molecule has 1 unspecified atom stereocenters. The van der Waals surface area contributed by atoms with Gasteiger partial charge in [0, 0.05) is 6.20 Å². The third kappa shape index (κ3) is 1.01. The highest BCUT2D eigenvalue weighted by Gasteiger charge is 2.21. The summed E-state index contributed by atoms with van der Waals surface area (Å²) < 4.78 is 0. The van der Waals surface area contributed by atoms with Crippen LogP contribution in [-0.4, -0.2) is 6.04 Å². The van der Waals surface area contributed by atoms with Crippen LogP contribution in [0.4, 0.5) is 0 Å². The molecule has 0 aromatic rings. The van der Waals surface area contributed by atoms with Crippen molar-refractivity contribution in [1.82, 2.24) is 5.32 Å². The second-order valence-corrected chi connectivity index (χ2v) is 3.03. The van der Waals surface area contributed by atoms with Crippen LogP contribution in [0.15, 0.2) is 35.6 Å². The van der Waals surface area contributed by atoms with Crippen molar-refractivity contribution in [1.29, 1.82) is 0 Å². The Bertz CT molecular complexity index is 246. The Labute approximate surface area is 67.5 Å². The largest absolute Gasteiger partial charge is 0.384 e. The highest BCUT2D eigenvalue weighted by Crippen LogP contribution is 2.27. The first-order chi connectivity index (χ1) is 5.42. The van der Waals surface area contributed by atoms with E-state index < -0.39 is 0 Å². The Hall–Kier alpha value is -0.980. The van der Waals surface area contributed by atoms with E-state index in [1.54, 1.807) is 0 Å². The van der Waals surface area contributed by atoms with Gasteiger partial charge in [0.2, 0.25) is 0 Å². The molecule has 0 aromatic carbocycles. The van der Waals surface area contributed by atoms with E-state index in [0.29, 0.717) is 6.04 Å². The van der Waals surface area contributed by atoms with Gasteiger partial charge in [-0.2, -0.15) is 0 Å². The van der Waals surface area contributed by atoms with Crippen molar-refractivity contribution in [3.8, 4) is 0 Å². The normalized spacial score (nSPS) is 27.2. The molecule has 0 fully saturated rings. The first-order valence-corrected chi connectivity index (χ1v) is 4.24. The van der Waals surface area contributed by atoms with Crippen LogP contribution in [0.25, 0.3) is 0 Å². The van der Waals surface area contributed by atoms with Gasteiger partial charge in [0.05, 0.1) is 6.04 Å². The fourth-order valence-electron chi connectivity index (χ4n) is 1.71. The first kappa shape index (κ1) is 6.71. The lowest BCUT2D eigenvalue weighted by Gasteiger charge is -2.15. The second kappa shape index (κ2) is 2.57. The van der Waals surface area contributed by atoms with Gasteiger partial charge in [-0.05, 0) is 24.0 Å². The van der Waals surface area contributed by atoms with Crippen molar-refractivity contribution in [3.05, 3.63) is 35.6 Å². The molecule has 58 valence electrons. The topological polar surface area (TPSA) is 12.0 Å². The maximum absolute atomic E-state index is 3.38. The number of hydrogen-bond acceptors (Lipinski definition) is 1. The zero-order valence-corrected chi connectivity index (χ0v) is 6.80. The lowest BCUT2D eigenvalue weighted by Crippen LogP contribution is -2.21. The molecule has 1 atom stereocenters. The molecule has 0 amide bonds. The van der Waals surface area contributed by atoms with Crippen LogP contribution in [0.1, 0.15) is 19.8 Å². The molecule has 0 radical (unpaired) electrons. The minimum absolute atomic E-state index is 0.579. The molecule has 1 N–H and O–H groups in total. The maximum atomic E-state index is 3.38. The van der Waals surface area contributed by atoms with E-state index in [4.69, 9.17) is 0 Å². The number of rotatable bonds is 1. The fraction of sp³-hybridized carbons (Fsp3) is 0.400. The fourth-order valence-corrected chi connectivity index (χ4v) is 1.71. The SMILES string of the molecule is CCC1=CNC2CC=CC=C12.